The number of carbonyl (C=O) groups excluding carboxylic acids is 2. The Balaban J connectivity index is 2.03. The molecule has 0 bridgehead atoms. The Morgan fingerprint density at radius 1 is 0.939 bits per heavy atom. The standard InChI is InChI=1S/C26H25NO6/c1-14-8-6-9-17(16(14)3)27-23(20-13-12-15(2)33-20)22(25(29)26(27)30)24(28)21-18(31-4)10-7-11-19(21)32-5/h6-13,23,28H,1-5H3/b24-22+. The number of Topliss-reactive ketones (excluding diaryl/α,β-unsaturated/α-hetero) is 1. The minimum absolute atomic E-state index is 0.0990. The maximum Gasteiger partial charge on any atom is 0.300 e. The van der Waals surface area contributed by atoms with Crippen molar-refractivity contribution in [1.82, 2.24) is 0 Å². The molecule has 1 aliphatic heterocycles. The van der Waals surface area contributed by atoms with Crippen molar-refractivity contribution in [1.29, 1.82) is 0 Å². The van der Waals surface area contributed by atoms with Gasteiger partial charge in [0.15, 0.2) is 0 Å². The van der Waals surface area contributed by atoms with Gasteiger partial charge < -0.3 is 19.0 Å². The molecule has 0 aliphatic carbocycles. The second-order valence-electron chi connectivity index (χ2n) is 7.87. The maximum absolute atomic E-state index is 13.4. The Labute approximate surface area is 191 Å². The van der Waals surface area contributed by atoms with Gasteiger partial charge in [-0.05, 0) is 62.2 Å². The molecule has 3 aromatic rings. The van der Waals surface area contributed by atoms with E-state index in [0.717, 1.165) is 11.1 Å². The summed E-state index contributed by atoms with van der Waals surface area (Å²) >= 11 is 0. The van der Waals surface area contributed by atoms with Crippen LogP contribution in [-0.4, -0.2) is 31.0 Å². The molecular formula is C26H25NO6. The molecule has 0 radical (unpaired) electrons. The Hall–Kier alpha value is -4.00. The molecule has 33 heavy (non-hydrogen) atoms. The number of hydrogen-bond donors (Lipinski definition) is 1. The minimum atomic E-state index is -0.964. The van der Waals surface area contributed by atoms with E-state index in [-0.39, 0.29) is 11.1 Å². The van der Waals surface area contributed by atoms with Crippen molar-refractivity contribution in [2.75, 3.05) is 19.1 Å². The highest BCUT2D eigenvalue weighted by Gasteiger charge is 2.49. The molecule has 1 N–H and O–H groups in total. The van der Waals surface area contributed by atoms with Gasteiger partial charge in [-0.15, -0.1) is 0 Å². The summed E-state index contributed by atoms with van der Waals surface area (Å²) in [6, 6.07) is 13.0. The number of hydrogen-bond acceptors (Lipinski definition) is 6. The van der Waals surface area contributed by atoms with Gasteiger partial charge in [-0.3, -0.25) is 14.5 Å². The number of ether oxygens (including phenoxy) is 2. The fourth-order valence-electron chi connectivity index (χ4n) is 4.17. The largest absolute Gasteiger partial charge is 0.506 e. The first-order chi connectivity index (χ1) is 15.8. The van der Waals surface area contributed by atoms with Crippen LogP contribution in [0.25, 0.3) is 5.76 Å². The molecule has 1 unspecified atom stereocenters. The van der Waals surface area contributed by atoms with Crippen molar-refractivity contribution in [3.05, 3.63) is 82.3 Å². The zero-order valence-electron chi connectivity index (χ0n) is 19.1. The number of aliphatic hydroxyl groups excluding tert-OH is 1. The van der Waals surface area contributed by atoms with Crippen LogP contribution < -0.4 is 14.4 Å². The molecule has 2 heterocycles. The van der Waals surface area contributed by atoms with Gasteiger partial charge >= 0.3 is 0 Å². The van der Waals surface area contributed by atoms with Gasteiger partial charge in [0.05, 0.1) is 19.8 Å². The average molecular weight is 447 g/mol. The van der Waals surface area contributed by atoms with Gasteiger partial charge in [-0.25, -0.2) is 0 Å². The molecule has 7 heteroatoms. The monoisotopic (exact) mass is 447 g/mol. The lowest BCUT2D eigenvalue weighted by atomic mass is 9.97. The van der Waals surface area contributed by atoms with Gasteiger partial charge in [0.25, 0.3) is 11.7 Å². The molecule has 1 atom stereocenters. The van der Waals surface area contributed by atoms with Crippen molar-refractivity contribution in [3.63, 3.8) is 0 Å². The normalized spacial score (nSPS) is 17.5. The molecular weight excluding hydrogens is 422 g/mol. The first-order valence-corrected chi connectivity index (χ1v) is 10.4. The number of amides is 1. The summed E-state index contributed by atoms with van der Waals surface area (Å²) in [5.74, 6) is -0.374. The Morgan fingerprint density at radius 3 is 2.15 bits per heavy atom. The summed E-state index contributed by atoms with van der Waals surface area (Å²) < 4.78 is 16.7. The summed E-state index contributed by atoms with van der Waals surface area (Å²) in [4.78, 5) is 28.1. The van der Waals surface area contributed by atoms with Gasteiger partial charge in [0, 0.05) is 5.69 Å². The molecule has 1 aromatic heterocycles. The minimum Gasteiger partial charge on any atom is -0.506 e. The Morgan fingerprint density at radius 2 is 1.58 bits per heavy atom. The fraction of sp³-hybridized carbons (Fsp3) is 0.231. The summed E-state index contributed by atoms with van der Waals surface area (Å²) in [6.45, 7) is 5.59. The van der Waals surface area contributed by atoms with E-state index >= 15 is 0 Å². The van der Waals surface area contributed by atoms with Crippen LogP contribution in [0, 0.1) is 20.8 Å². The number of aryl methyl sites for hydroxylation is 2. The third kappa shape index (κ3) is 3.55. The van der Waals surface area contributed by atoms with E-state index in [1.165, 1.54) is 19.1 Å². The number of furan rings is 1. The quantitative estimate of drug-likeness (QED) is 0.342. The summed E-state index contributed by atoms with van der Waals surface area (Å²) in [5.41, 5.74) is 2.48. The highest BCUT2D eigenvalue weighted by Crippen LogP contribution is 2.46. The molecule has 1 amide bonds. The Kier molecular flexibility index (Phi) is 5.72. The highest BCUT2D eigenvalue weighted by molar-refractivity contribution is 6.51. The smallest absolute Gasteiger partial charge is 0.300 e. The zero-order valence-corrected chi connectivity index (χ0v) is 19.1. The van der Waals surface area contributed by atoms with Gasteiger partial charge in [0.1, 0.15) is 40.4 Å². The molecule has 0 spiro atoms. The van der Waals surface area contributed by atoms with E-state index in [2.05, 4.69) is 0 Å². The SMILES string of the molecule is COc1cccc(OC)c1/C(O)=C1\C(=O)C(=O)N(c2cccc(C)c2C)C1c1ccc(C)o1. The molecule has 1 aliphatic rings. The van der Waals surface area contributed by atoms with E-state index in [4.69, 9.17) is 13.9 Å². The van der Waals surface area contributed by atoms with E-state index in [9.17, 15) is 14.7 Å². The van der Waals surface area contributed by atoms with Crippen LogP contribution in [-0.2, 0) is 9.59 Å². The molecule has 0 saturated carbocycles. The molecule has 170 valence electrons. The number of aliphatic hydroxyl groups is 1. The van der Waals surface area contributed by atoms with Gasteiger partial charge in [-0.1, -0.05) is 18.2 Å². The van der Waals surface area contributed by atoms with Crippen LogP contribution in [0.4, 0.5) is 5.69 Å². The lowest BCUT2D eigenvalue weighted by Crippen LogP contribution is -2.30. The summed E-state index contributed by atoms with van der Waals surface area (Å²) in [6.07, 6.45) is 0. The van der Waals surface area contributed by atoms with Gasteiger partial charge in [0.2, 0.25) is 0 Å². The topological polar surface area (TPSA) is 89.2 Å². The number of benzene rings is 2. The molecule has 1 saturated heterocycles. The predicted octanol–water partition coefficient (Wildman–Crippen LogP) is 4.85. The summed E-state index contributed by atoms with van der Waals surface area (Å²) in [5, 5.41) is 11.4. The fourth-order valence-corrected chi connectivity index (χ4v) is 4.17. The van der Waals surface area contributed by atoms with E-state index in [0.29, 0.717) is 28.7 Å². The van der Waals surface area contributed by atoms with Crippen molar-refractivity contribution >= 4 is 23.1 Å². The first-order valence-electron chi connectivity index (χ1n) is 10.4. The zero-order chi connectivity index (χ0) is 23.9. The lowest BCUT2D eigenvalue weighted by Gasteiger charge is -2.26. The van der Waals surface area contributed by atoms with E-state index in [1.54, 1.807) is 43.3 Å². The second-order valence-corrected chi connectivity index (χ2v) is 7.87. The van der Waals surface area contributed by atoms with Crippen LogP contribution in [0.1, 0.15) is 34.3 Å². The van der Waals surface area contributed by atoms with Crippen molar-refractivity contribution < 1.29 is 28.6 Å². The highest BCUT2D eigenvalue weighted by atomic mass is 16.5. The average Bonchev–Trinajstić information content (AvgIpc) is 3.35. The lowest BCUT2D eigenvalue weighted by molar-refractivity contribution is -0.132. The number of methoxy groups -OCH3 is 2. The molecule has 1 fully saturated rings. The van der Waals surface area contributed by atoms with Crippen molar-refractivity contribution in [2.24, 2.45) is 0 Å². The van der Waals surface area contributed by atoms with Crippen LogP contribution >= 0.6 is 0 Å². The van der Waals surface area contributed by atoms with E-state index < -0.39 is 23.5 Å². The van der Waals surface area contributed by atoms with Gasteiger partial charge in [-0.2, -0.15) is 0 Å². The Bertz CT molecular complexity index is 1260. The van der Waals surface area contributed by atoms with Crippen LogP contribution in [0.15, 0.2) is 58.5 Å². The molecule has 7 nitrogen and oxygen atoms in total. The van der Waals surface area contributed by atoms with Crippen LogP contribution in [0.5, 0.6) is 11.5 Å². The number of ketones is 1. The predicted molar refractivity (Wildman–Crippen MR) is 124 cm³/mol. The number of nitrogens with zero attached hydrogens (tertiary/aromatic N) is 1. The second kappa shape index (κ2) is 8.50. The van der Waals surface area contributed by atoms with E-state index in [1.807, 2.05) is 26.0 Å². The van der Waals surface area contributed by atoms with Crippen molar-refractivity contribution in [2.45, 2.75) is 26.8 Å². The number of rotatable bonds is 5. The number of carbonyl (C=O) groups is 2. The summed E-state index contributed by atoms with van der Waals surface area (Å²) in [7, 11) is 2.90. The first kappa shape index (κ1) is 22.2. The molecule has 4 rings (SSSR count). The molecule has 2 aromatic carbocycles. The third-order valence-electron chi connectivity index (χ3n) is 5.98. The number of anilines is 1. The van der Waals surface area contributed by atoms with Crippen LogP contribution in [0.2, 0.25) is 0 Å². The van der Waals surface area contributed by atoms with Crippen molar-refractivity contribution in [3.8, 4) is 11.5 Å². The maximum atomic E-state index is 13.4. The van der Waals surface area contributed by atoms with Crippen LogP contribution in [0.3, 0.4) is 0 Å². The third-order valence-corrected chi connectivity index (χ3v) is 5.98.